The van der Waals surface area contributed by atoms with E-state index in [1.807, 2.05) is 34.8 Å². The first-order valence-electron chi connectivity index (χ1n) is 6.77. The lowest BCUT2D eigenvalue weighted by Crippen LogP contribution is -1.56. The minimum atomic E-state index is 1.29. The SMILES string of the molecule is CSc1ccc(/C=C/C=C/C=C/C=C/c2ccc(SC)s2)s1. The molecule has 2 heterocycles. The Balaban J connectivity index is 1.76. The van der Waals surface area contributed by atoms with Crippen LogP contribution in [0.5, 0.6) is 0 Å². The van der Waals surface area contributed by atoms with E-state index >= 15 is 0 Å². The van der Waals surface area contributed by atoms with Crippen LogP contribution in [0.2, 0.25) is 0 Å². The van der Waals surface area contributed by atoms with Crippen molar-refractivity contribution >= 4 is 58.3 Å². The number of allylic oxidation sites excluding steroid dienone is 6. The number of hydrogen-bond acceptors (Lipinski definition) is 4. The fourth-order valence-electron chi connectivity index (χ4n) is 1.62. The van der Waals surface area contributed by atoms with Crippen LogP contribution in [0.25, 0.3) is 12.2 Å². The zero-order chi connectivity index (χ0) is 15.6. The first-order valence-corrected chi connectivity index (χ1v) is 10.9. The van der Waals surface area contributed by atoms with Gasteiger partial charge in [-0.2, -0.15) is 0 Å². The van der Waals surface area contributed by atoms with Crippen LogP contribution in [-0.2, 0) is 0 Å². The molecule has 0 unspecified atom stereocenters. The van der Waals surface area contributed by atoms with Gasteiger partial charge in [0.05, 0.1) is 8.42 Å². The predicted molar refractivity (Wildman–Crippen MR) is 109 cm³/mol. The molecule has 0 saturated heterocycles. The molecule has 0 aliphatic heterocycles. The second-order valence-electron chi connectivity index (χ2n) is 4.21. The van der Waals surface area contributed by atoms with Gasteiger partial charge in [0.15, 0.2) is 0 Å². The van der Waals surface area contributed by atoms with Crippen LogP contribution >= 0.6 is 46.2 Å². The summed E-state index contributed by atoms with van der Waals surface area (Å²) >= 11 is 7.22. The van der Waals surface area contributed by atoms with Crippen molar-refractivity contribution in [1.29, 1.82) is 0 Å². The molecule has 0 N–H and O–H groups in total. The highest BCUT2D eigenvalue weighted by Crippen LogP contribution is 2.26. The summed E-state index contributed by atoms with van der Waals surface area (Å²) in [5.74, 6) is 0. The Bertz CT molecular complexity index is 623. The highest BCUT2D eigenvalue weighted by molar-refractivity contribution is 8.00. The largest absolute Gasteiger partial charge is 0.129 e. The smallest absolute Gasteiger partial charge is 0.0602 e. The number of rotatable bonds is 7. The maximum absolute atomic E-state index is 2.16. The van der Waals surface area contributed by atoms with Gasteiger partial charge in [0.25, 0.3) is 0 Å². The molecule has 0 bridgehead atoms. The molecular weight excluding hydrogens is 344 g/mol. The van der Waals surface area contributed by atoms with E-state index < -0.39 is 0 Å². The number of thiophene rings is 2. The van der Waals surface area contributed by atoms with Crippen molar-refractivity contribution in [1.82, 2.24) is 0 Å². The lowest BCUT2D eigenvalue weighted by atomic mass is 10.3. The third-order valence-electron chi connectivity index (χ3n) is 2.68. The zero-order valence-electron chi connectivity index (χ0n) is 12.6. The van der Waals surface area contributed by atoms with Gasteiger partial charge in [-0.3, -0.25) is 0 Å². The van der Waals surface area contributed by atoms with E-state index in [2.05, 4.69) is 73.2 Å². The van der Waals surface area contributed by atoms with Gasteiger partial charge in [-0.25, -0.2) is 0 Å². The third-order valence-corrected chi connectivity index (χ3v) is 6.95. The standard InChI is InChI=1S/C18H18S4/c1-19-17-13-11-15(21-17)9-7-5-3-4-6-8-10-16-12-14-18(20-2)22-16/h3-14H,1-2H3/b5-3+,6-4+,9-7+,10-8+. The first kappa shape index (κ1) is 17.4. The molecule has 0 saturated carbocycles. The van der Waals surface area contributed by atoms with E-state index in [-0.39, 0.29) is 0 Å². The van der Waals surface area contributed by atoms with Crippen LogP contribution in [0.1, 0.15) is 9.75 Å². The summed E-state index contributed by atoms with van der Waals surface area (Å²) < 4.78 is 2.71. The molecule has 0 amide bonds. The van der Waals surface area contributed by atoms with Crippen LogP contribution in [0.3, 0.4) is 0 Å². The average molecular weight is 363 g/mol. The van der Waals surface area contributed by atoms with Crippen molar-refractivity contribution in [2.24, 2.45) is 0 Å². The lowest BCUT2D eigenvalue weighted by Gasteiger charge is -1.83. The second-order valence-corrected chi connectivity index (χ2v) is 8.65. The minimum Gasteiger partial charge on any atom is -0.129 e. The summed E-state index contributed by atoms with van der Waals surface area (Å²) in [6.07, 6.45) is 20.9. The Morgan fingerprint density at radius 3 is 1.41 bits per heavy atom. The first-order chi connectivity index (χ1) is 10.8. The molecule has 22 heavy (non-hydrogen) atoms. The molecule has 2 rings (SSSR count). The normalized spacial score (nSPS) is 12.6. The highest BCUT2D eigenvalue weighted by Gasteiger charge is 1.94. The molecule has 0 aliphatic carbocycles. The molecule has 2 aromatic rings. The van der Waals surface area contributed by atoms with Crippen molar-refractivity contribution in [3.8, 4) is 0 Å². The summed E-state index contributed by atoms with van der Waals surface area (Å²) in [4.78, 5) is 2.58. The van der Waals surface area contributed by atoms with Gasteiger partial charge in [0, 0.05) is 9.75 Å². The molecule has 114 valence electrons. The predicted octanol–water partition coefficient (Wildman–Crippen LogP) is 7.09. The van der Waals surface area contributed by atoms with Crippen LogP contribution in [0, 0.1) is 0 Å². The van der Waals surface area contributed by atoms with E-state index in [9.17, 15) is 0 Å². The van der Waals surface area contributed by atoms with Gasteiger partial charge < -0.3 is 0 Å². The molecule has 0 radical (unpaired) electrons. The molecule has 4 heteroatoms. The summed E-state index contributed by atoms with van der Waals surface area (Å²) in [5.41, 5.74) is 0. The van der Waals surface area contributed by atoms with Crippen molar-refractivity contribution in [3.05, 3.63) is 70.5 Å². The Morgan fingerprint density at radius 1 is 0.636 bits per heavy atom. The maximum Gasteiger partial charge on any atom is 0.0602 e. The second kappa shape index (κ2) is 9.95. The van der Waals surface area contributed by atoms with Gasteiger partial charge in [0.2, 0.25) is 0 Å². The molecule has 0 nitrogen and oxygen atoms in total. The molecule has 0 aliphatic rings. The van der Waals surface area contributed by atoms with Crippen molar-refractivity contribution in [2.75, 3.05) is 12.5 Å². The van der Waals surface area contributed by atoms with Crippen LogP contribution in [0.4, 0.5) is 0 Å². The van der Waals surface area contributed by atoms with Gasteiger partial charge >= 0.3 is 0 Å². The summed E-state index contributed by atoms with van der Waals surface area (Å²) in [7, 11) is 0. The van der Waals surface area contributed by atoms with E-state index in [4.69, 9.17) is 0 Å². The Labute approximate surface area is 149 Å². The summed E-state index contributed by atoms with van der Waals surface area (Å²) in [6.45, 7) is 0. The molecule has 2 aromatic heterocycles. The highest BCUT2D eigenvalue weighted by atomic mass is 32.2. The van der Waals surface area contributed by atoms with Gasteiger partial charge in [-0.15, -0.1) is 46.2 Å². The number of thioether (sulfide) groups is 2. The van der Waals surface area contributed by atoms with E-state index in [1.54, 1.807) is 23.5 Å². The Hall–Kier alpha value is -0.940. The molecule has 0 spiro atoms. The minimum absolute atomic E-state index is 1.29. The van der Waals surface area contributed by atoms with E-state index in [0.29, 0.717) is 0 Å². The molecule has 0 fully saturated rings. The maximum atomic E-state index is 2.16. The zero-order valence-corrected chi connectivity index (χ0v) is 15.8. The van der Waals surface area contributed by atoms with Gasteiger partial charge in [-0.1, -0.05) is 36.5 Å². The fraction of sp³-hybridized carbons (Fsp3) is 0.111. The Kier molecular flexibility index (Phi) is 7.88. The fourth-order valence-corrected chi connectivity index (χ4v) is 4.58. The molecule has 0 atom stereocenters. The van der Waals surface area contributed by atoms with Crippen molar-refractivity contribution in [3.63, 3.8) is 0 Å². The average Bonchev–Trinajstić information content (AvgIpc) is 3.18. The van der Waals surface area contributed by atoms with E-state index in [1.165, 1.54) is 18.2 Å². The van der Waals surface area contributed by atoms with Crippen LogP contribution in [0.15, 0.2) is 69.1 Å². The lowest BCUT2D eigenvalue weighted by molar-refractivity contribution is 1.74. The quantitative estimate of drug-likeness (QED) is 0.381. The molecular formula is C18H18S4. The van der Waals surface area contributed by atoms with E-state index in [0.717, 1.165) is 0 Å². The topological polar surface area (TPSA) is 0 Å². The van der Waals surface area contributed by atoms with Crippen LogP contribution in [-0.4, -0.2) is 12.5 Å². The number of hydrogen-bond donors (Lipinski definition) is 0. The summed E-state index contributed by atoms with van der Waals surface area (Å²) in [5, 5.41) is 0. The Morgan fingerprint density at radius 2 is 1.05 bits per heavy atom. The molecule has 0 aromatic carbocycles. The monoisotopic (exact) mass is 362 g/mol. The van der Waals surface area contributed by atoms with Crippen molar-refractivity contribution < 1.29 is 0 Å². The van der Waals surface area contributed by atoms with Gasteiger partial charge in [0.1, 0.15) is 0 Å². The van der Waals surface area contributed by atoms with Crippen LogP contribution < -0.4 is 0 Å². The van der Waals surface area contributed by atoms with Crippen molar-refractivity contribution in [2.45, 2.75) is 8.42 Å². The third kappa shape index (κ3) is 6.05. The van der Waals surface area contributed by atoms with Gasteiger partial charge in [-0.05, 0) is 48.9 Å². The summed E-state index contributed by atoms with van der Waals surface area (Å²) in [6, 6.07) is 8.64.